The molecule has 10 heteroatoms. The number of primary sulfonamides is 1. The third kappa shape index (κ3) is 4.67. The Labute approximate surface area is 173 Å². The van der Waals surface area contributed by atoms with Crippen molar-refractivity contribution in [1.29, 1.82) is 0 Å². The lowest BCUT2D eigenvalue weighted by Gasteiger charge is -2.19. The van der Waals surface area contributed by atoms with E-state index in [0.29, 0.717) is 5.69 Å². The Kier molecular flexibility index (Phi) is 5.90. The van der Waals surface area contributed by atoms with E-state index in [1.165, 1.54) is 30.5 Å². The van der Waals surface area contributed by atoms with E-state index >= 15 is 0 Å². The molecule has 0 bridgehead atoms. The van der Waals surface area contributed by atoms with Crippen molar-refractivity contribution in [3.05, 3.63) is 72.2 Å². The molecule has 1 aromatic heterocycles. The number of nitrogens with zero attached hydrogens (tertiary/aromatic N) is 1. The van der Waals surface area contributed by atoms with Crippen molar-refractivity contribution >= 4 is 38.9 Å². The minimum Gasteiger partial charge on any atom is -0.459 e. The van der Waals surface area contributed by atoms with Gasteiger partial charge in [-0.3, -0.25) is 9.59 Å². The Morgan fingerprint density at radius 1 is 0.933 bits per heavy atom. The van der Waals surface area contributed by atoms with Gasteiger partial charge in [-0.15, -0.1) is 0 Å². The van der Waals surface area contributed by atoms with Gasteiger partial charge in [0.2, 0.25) is 10.0 Å². The van der Waals surface area contributed by atoms with E-state index in [4.69, 9.17) is 9.56 Å². The van der Waals surface area contributed by atoms with Crippen molar-refractivity contribution in [1.82, 2.24) is 0 Å². The summed E-state index contributed by atoms with van der Waals surface area (Å²) >= 11 is 0. The Morgan fingerprint density at radius 2 is 1.63 bits per heavy atom. The number of hydrogen-bond acceptors (Lipinski definition) is 6. The molecule has 0 radical (unpaired) electrons. The maximum Gasteiger partial charge on any atom is 0.291 e. The van der Waals surface area contributed by atoms with Crippen molar-refractivity contribution < 1.29 is 22.4 Å². The Balaban J connectivity index is 1.92. The van der Waals surface area contributed by atoms with E-state index in [2.05, 4.69) is 10.6 Å². The van der Waals surface area contributed by atoms with E-state index in [0.717, 1.165) is 0 Å². The molecule has 9 nitrogen and oxygen atoms in total. The molecule has 0 saturated heterocycles. The first-order chi connectivity index (χ1) is 14.2. The van der Waals surface area contributed by atoms with Gasteiger partial charge in [0.1, 0.15) is 0 Å². The van der Waals surface area contributed by atoms with Gasteiger partial charge in [0, 0.05) is 14.1 Å². The second-order valence-corrected chi connectivity index (χ2v) is 8.11. The van der Waals surface area contributed by atoms with Crippen LogP contribution in [-0.2, 0) is 10.0 Å². The van der Waals surface area contributed by atoms with Crippen molar-refractivity contribution in [3.63, 3.8) is 0 Å². The summed E-state index contributed by atoms with van der Waals surface area (Å²) in [5, 5.41) is 10.5. The Hall–Kier alpha value is -3.63. The van der Waals surface area contributed by atoms with Crippen LogP contribution in [0.1, 0.15) is 20.9 Å². The Morgan fingerprint density at radius 3 is 2.27 bits per heavy atom. The van der Waals surface area contributed by atoms with Crippen LogP contribution in [0, 0.1) is 0 Å². The number of furan rings is 1. The topological polar surface area (TPSA) is 135 Å². The number of benzene rings is 2. The van der Waals surface area contributed by atoms with Gasteiger partial charge in [-0.25, -0.2) is 13.6 Å². The highest BCUT2D eigenvalue weighted by Gasteiger charge is 2.18. The summed E-state index contributed by atoms with van der Waals surface area (Å²) in [6, 6.07) is 13.7. The number of anilines is 3. The van der Waals surface area contributed by atoms with Crippen LogP contribution >= 0.6 is 0 Å². The minimum absolute atomic E-state index is 0.0981. The van der Waals surface area contributed by atoms with Gasteiger partial charge in [-0.1, -0.05) is 12.1 Å². The summed E-state index contributed by atoms with van der Waals surface area (Å²) in [5.41, 5.74) is 1.28. The lowest BCUT2D eigenvalue weighted by atomic mass is 10.1. The van der Waals surface area contributed by atoms with Crippen LogP contribution in [0.2, 0.25) is 0 Å². The predicted octanol–water partition coefficient (Wildman–Crippen LogP) is 2.50. The molecule has 0 saturated carbocycles. The summed E-state index contributed by atoms with van der Waals surface area (Å²) in [6.45, 7) is 0. The number of carbonyl (C=O) groups excluding carboxylic acids is 2. The largest absolute Gasteiger partial charge is 0.459 e. The van der Waals surface area contributed by atoms with Crippen molar-refractivity contribution in [3.8, 4) is 0 Å². The molecule has 0 aliphatic rings. The molecule has 0 unspecified atom stereocenters. The SMILES string of the molecule is CN(C)c1ccc(S(N)(=O)=O)cc1NC(=O)c1ccccc1NC(=O)c1ccco1. The number of amides is 2. The van der Waals surface area contributed by atoms with Gasteiger partial charge >= 0.3 is 0 Å². The molecule has 4 N–H and O–H groups in total. The van der Waals surface area contributed by atoms with E-state index < -0.39 is 21.8 Å². The van der Waals surface area contributed by atoms with Gasteiger partial charge in [-0.05, 0) is 42.5 Å². The molecule has 2 amide bonds. The number of nitrogens with one attached hydrogen (secondary N) is 2. The summed E-state index contributed by atoms with van der Waals surface area (Å²) in [6.07, 6.45) is 1.37. The molecular weight excluding hydrogens is 408 g/mol. The van der Waals surface area contributed by atoms with Gasteiger partial charge in [0.05, 0.1) is 33.8 Å². The predicted molar refractivity (Wildman–Crippen MR) is 113 cm³/mol. The van der Waals surface area contributed by atoms with Crippen LogP contribution in [0.15, 0.2) is 70.2 Å². The second-order valence-electron chi connectivity index (χ2n) is 6.55. The zero-order valence-corrected chi connectivity index (χ0v) is 17.1. The number of hydrogen-bond donors (Lipinski definition) is 3. The van der Waals surface area contributed by atoms with Crippen LogP contribution in [0.3, 0.4) is 0 Å². The monoisotopic (exact) mass is 428 g/mol. The lowest BCUT2D eigenvalue weighted by molar-refractivity contribution is 0.0996. The normalized spacial score (nSPS) is 11.0. The highest BCUT2D eigenvalue weighted by atomic mass is 32.2. The van der Waals surface area contributed by atoms with Gasteiger partial charge in [-0.2, -0.15) is 0 Å². The first kappa shape index (κ1) is 21.1. The molecule has 3 rings (SSSR count). The number of sulfonamides is 1. The van der Waals surface area contributed by atoms with Gasteiger partial charge in [0.25, 0.3) is 11.8 Å². The maximum atomic E-state index is 13.0. The average molecular weight is 428 g/mol. The average Bonchev–Trinajstić information content (AvgIpc) is 3.22. The molecule has 0 aliphatic heterocycles. The zero-order valence-electron chi connectivity index (χ0n) is 16.2. The van der Waals surface area contributed by atoms with Crippen LogP contribution in [-0.4, -0.2) is 34.3 Å². The first-order valence-electron chi connectivity index (χ1n) is 8.76. The molecule has 2 aromatic carbocycles. The molecular formula is C20H20N4O5S. The smallest absolute Gasteiger partial charge is 0.291 e. The summed E-state index contributed by atoms with van der Waals surface area (Å²) < 4.78 is 28.5. The van der Waals surface area contributed by atoms with Crippen LogP contribution in [0.25, 0.3) is 0 Å². The van der Waals surface area contributed by atoms with E-state index in [-0.39, 0.29) is 27.6 Å². The second kappa shape index (κ2) is 8.39. The van der Waals surface area contributed by atoms with E-state index in [1.807, 2.05) is 0 Å². The third-order valence-corrected chi connectivity index (χ3v) is 5.10. The van der Waals surface area contributed by atoms with Crippen molar-refractivity contribution in [2.75, 3.05) is 29.6 Å². The third-order valence-electron chi connectivity index (χ3n) is 4.19. The van der Waals surface area contributed by atoms with Gasteiger partial charge in [0.15, 0.2) is 5.76 Å². The maximum absolute atomic E-state index is 13.0. The highest BCUT2D eigenvalue weighted by Crippen LogP contribution is 2.28. The number of nitrogens with two attached hydrogens (primary N) is 1. The fourth-order valence-electron chi connectivity index (χ4n) is 2.75. The first-order valence-corrected chi connectivity index (χ1v) is 10.3. The standard InChI is InChI=1S/C20H20N4O5S/c1-24(2)17-10-9-13(30(21,27)28)12-16(17)23-19(25)14-6-3-4-7-15(14)22-20(26)18-8-5-11-29-18/h3-12H,1-2H3,(H,22,26)(H,23,25)(H2,21,27,28). The van der Waals surface area contributed by atoms with Crippen LogP contribution < -0.4 is 20.7 Å². The molecule has 30 heavy (non-hydrogen) atoms. The Bertz CT molecular complexity index is 1190. The van der Waals surface area contributed by atoms with Gasteiger partial charge < -0.3 is 20.0 Å². The number of rotatable bonds is 6. The van der Waals surface area contributed by atoms with E-state index in [1.54, 1.807) is 49.3 Å². The van der Waals surface area contributed by atoms with Crippen LogP contribution in [0.5, 0.6) is 0 Å². The number of carbonyl (C=O) groups is 2. The fraction of sp³-hybridized carbons (Fsp3) is 0.100. The summed E-state index contributed by atoms with van der Waals surface area (Å²) in [5.74, 6) is -0.952. The lowest BCUT2D eigenvalue weighted by Crippen LogP contribution is -2.20. The molecule has 1 heterocycles. The molecule has 0 fully saturated rings. The fourth-order valence-corrected chi connectivity index (χ4v) is 3.29. The van der Waals surface area contributed by atoms with Crippen molar-refractivity contribution in [2.24, 2.45) is 5.14 Å². The zero-order chi connectivity index (χ0) is 21.9. The summed E-state index contributed by atoms with van der Waals surface area (Å²) in [4.78, 5) is 26.8. The molecule has 0 spiro atoms. The highest BCUT2D eigenvalue weighted by molar-refractivity contribution is 7.89. The van der Waals surface area contributed by atoms with E-state index in [9.17, 15) is 18.0 Å². The molecule has 156 valence electrons. The quantitative estimate of drug-likeness (QED) is 0.552. The molecule has 3 aromatic rings. The van der Waals surface area contributed by atoms with Crippen LogP contribution in [0.4, 0.5) is 17.1 Å². The number of para-hydroxylation sites is 1. The van der Waals surface area contributed by atoms with Crippen molar-refractivity contribution in [2.45, 2.75) is 4.90 Å². The molecule has 0 atom stereocenters. The minimum atomic E-state index is -3.95. The summed E-state index contributed by atoms with van der Waals surface area (Å²) in [7, 11) is -0.456. The molecule has 0 aliphatic carbocycles.